The second kappa shape index (κ2) is 14.0. The van der Waals surface area contributed by atoms with Gasteiger partial charge in [-0.05, 0) is 39.7 Å². The molecular formula is C25H38N4O8. The lowest BCUT2D eigenvalue weighted by molar-refractivity contribution is -0.145. The monoisotopic (exact) mass is 522 g/mol. The minimum atomic E-state index is -1.45. The van der Waals surface area contributed by atoms with Crippen molar-refractivity contribution in [1.29, 1.82) is 0 Å². The van der Waals surface area contributed by atoms with Crippen LogP contribution in [0.1, 0.15) is 64.1 Å². The Morgan fingerprint density at radius 2 is 1.81 bits per heavy atom. The summed E-state index contributed by atoms with van der Waals surface area (Å²) in [4.78, 5) is 64.2. The van der Waals surface area contributed by atoms with Gasteiger partial charge < -0.3 is 35.8 Å². The predicted molar refractivity (Wildman–Crippen MR) is 134 cm³/mol. The molecule has 2 atom stereocenters. The number of unbranched alkanes of at least 4 members (excludes halogenated alkanes) is 1. The molecule has 0 aliphatic rings. The van der Waals surface area contributed by atoms with Crippen molar-refractivity contribution in [3.8, 4) is 5.75 Å². The Morgan fingerprint density at radius 1 is 1.16 bits per heavy atom. The van der Waals surface area contributed by atoms with Crippen LogP contribution in [-0.2, 0) is 28.7 Å². The third-order valence-electron chi connectivity index (χ3n) is 5.19. The van der Waals surface area contributed by atoms with Gasteiger partial charge in [0.25, 0.3) is 0 Å². The van der Waals surface area contributed by atoms with E-state index in [0.29, 0.717) is 18.4 Å². The quantitative estimate of drug-likeness (QED) is 0.298. The number of phenolic OH excluding ortho intramolecular Hbond substituents is 1. The average Bonchev–Trinajstić information content (AvgIpc) is 2.79. The standard InChI is InChI=1S/C25H38N4O8/c1-7-8-12-29(23(34)17(13-18(26)30)28-24(35)37-25(3,4)5)20(22(33)27-14-19(31)36-6)16-11-9-10-15(2)21(16)32/h9-11,17,20,32H,7-8,12-14H2,1-6H3,(H2,26,30)(H,27,33)(H,28,35). The summed E-state index contributed by atoms with van der Waals surface area (Å²) in [6.07, 6.45) is -0.418. The first kappa shape index (κ1) is 31.2. The highest BCUT2D eigenvalue weighted by Gasteiger charge is 2.38. The van der Waals surface area contributed by atoms with Gasteiger partial charge in [0.05, 0.1) is 13.5 Å². The largest absolute Gasteiger partial charge is 0.507 e. The second-order valence-corrected chi connectivity index (χ2v) is 9.46. The Bertz CT molecular complexity index is 989. The van der Waals surface area contributed by atoms with Crippen LogP contribution in [0.5, 0.6) is 5.75 Å². The van der Waals surface area contributed by atoms with Gasteiger partial charge in [-0.15, -0.1) is 0 Å². The third-order valence-corrected chi connectivity index (χ3v) is 5.19. The smallest absolute Gasteiger partial charge is 0.408 e. The summed E-state index contributed by atoms with van der Waals surface area (Å²) in [5.41, 5.74) is 5.02. The summed E-state index contributed by atoms with van der Waals surface area (Å²) in [6.45, 7) is 7.95. The van der Waals surface area contributed by atoms with Gasteiger partial charge in [-0.1, -0.05) is 31.5 Å². The summed E-state index contributed by atoms with van der Waals surface area (Å²) in [6, 6.07) is 1.85. The number of esters is 1. The number of carbonyl (C=O) groups is 5. The van der Waals surface area contributed by atoms with Gasteiger partial charge in [-0.25, -0.2) is 4.79 Å². The van der Waals surface area contributed by atoms with Crippen molar-refractivity contribution >= 4 is 29.8 Å². The fourth-order valence-electron chi connectivity index (χ4n) is 3.43. The molecule has 0 aliphatic carbocycles. The summed E-state index contributed by atoms with van der Waals surface area (Å²) in [5, 5.41) is 15.6. The molecule has 206 valence electrons. The van der Waals surface area contributed by atoms with E-state index in [-0.39, 0.29) is 17.9 Å². The highest BCUT2D eigenvalue weighted by atomic mass is 16.6. The summed E-state index contributed by atoms with van der Waals surface area (Å²) < 4.78 is 9.79. The molecule has 5 N–H and O–H groups in total. The van der Waals surface area contributed by atoms with Crippen molar-refractivity contribution in [3.63, 3.8) is 0 Å². The zero-order chi connectivity index (χ0) is 28.3. The summed E-state index contributed by atoms with van der Waals surface area (Å²) >= 11 is 0. The highest BCUT2D eigenvalue weighted by Crippen LogP contribution is 2.32. The van der Waals surface area contributed by atoms with E-state index >= 15 is 0 Å². The number of ether oxygens (including phenoxy) is 2. The van der Waals surface area contributed by atoms with Gasteiger partial charge in [-0.3, -0.25) is 19.2 Å². The van der Waals surface area contributed by atoms with Crippen molar-refractivity contribution in [1.82, 2.24) is 15.5 Å². The number of hydrogen-bond donors (Lipinski definition) is 4. The number of benzene rings is 1. The summed E-state index contributed by atoms with van der Waals surface area (Å²) in [7, 11) is 1.16. The van der Waals surface area contributed by atoms with Crippen LogP contribution in [0, 0.1) is 6.92 Å². The number of aromatic hydroxyl groups is 1. The predicted octanol–water partition coefficient (Wildman–Crippen LogP) is 1.43. The van der Waals surface area contributed by atoms with Gasteiger partial charge in [0.1, 0.15) is 30.0 Å². The number of aryl methyl sites for hydroxylation is 1. The maximum Gasteiger partial charge on any atom is 0.408 e. The van der Waals surface area contributed by atoms with Crippen LogP contribution in [0.2, 0.25) is 0 Å². The van der Waals surface area contributed by atoms with E-state index in [9.17, 15) is 29.1 Å². The average molecular weight is 523 g/mol. The molecule has 0 spiro atoms. The first-order valence-corrected chi connectivity index (χ1v) is 11.9. The van der Waals surface area contributed by atoms with E-state index in [1.807, 2.05) is 6.92 Å². The van der Waals surface area contributed by atoms with Crippen LogP contribution in [0.3, 0.4) is 0 Å². The Morgan fingerprint density at radius 3 is 2.35 bits per heavy atom. The number of methoxy groups -OCH3 is 1. The van der Waals surface area contributed by atoms with Crippen molar-refractivity contribution in [2.24, 2.45) is 5.73 Å². The lowest BCUT2D eigenvalue weighted by atomic mass is 9.98. The molecule has 1 rings (SSSR count). The van der Waals surface area contributed by atoms with E-state index in [1.54, 1.807) is 39.8 Å². The number of amides is 4. The molecule has 0 saturated carbocycles. The molecule has 0 saturated heterocycles. The second-order valence-electron chi connectivity index (χ2n) is 9.46. The molecule has 0 radical (unpaired) electrons. The topological polar surface area (TPSA) is 177 Å². The van der Waals surface area contributed by atoms with Gasteiger partial charge in [0.15, 0.2) is 0 Å². The molecule has 0 heterocycles. The van der Waals surface area contributed by atoms with Crippen LogP contribution in [0.25, 0.3) is 0 Å². The van der Waals surface area contributed by atoms with Crippen LogP contribution in [0.15, 0.2) is 18.2 Å². The molecule has 0 bridgehead atoms. The Balaban J connectivity index is 3.56. The molecule has 1 aromatic rings. The number of phenols is 1. The maximum absolute atomic E-state index is 13.8. The van der Waals surface area contributed by atoms with Gasteiger partial charge >= 0.3 is 12.1 Å². The number of nitrogens with zero attached hydrogens (tertiary/aromatic N) is 1. The molecule has 12 heteroatoms. The Labute approximate surface area is 216 Å². The lowest BCUT2D eigenvalue weighted by Crippen LogP contribution is -2.54. The minimum absolute atomic E-state index is 0.0320. The van der Waals surface area contributed by atoms with E-state index in [0.717, 1.165) is 12.0 Å². The number of nitrogens with one attached hydrogen (secondary N) is 2. The summed E-state index contributed by atoms with van der Waals surface area (Å²) in [5.74, 6) is -3.37. The Hall–Kier alpha value is -3.83. The van der Waals surface area contributed by atoms with Crippen LogP contribution >= 0.6 is 0 Å². The number of para-hydroxylation sites is 1. The number of nitrogens with two attached hydrogens (primary N) is 1. The fourth-order valence-corrected chi connectivity index (χ4v) is 3.43. The molecule has 1 aromatic carbocycles. The maximum atomic E-state index is 13.8. The normalized spacial score (nSPS) is 12.6. The number of hydrogen-bond acceptors (Lipinski definition) is 8. The first-order chi connectivity index (χ1) is 17.2. The third kappa shape index (κ3) is 9.98. The van der Waals surface area contributed by atoms with Crippen molar-refractivity contribution < 1.29 is 38.6 Å². The molecule has 12 nitrogen and oxygen atoms in total. The van der Waals surface area contributed by atoms with E-state index in [4.69, 9.17) is 10.5 Å². The number of alkyl carbamates (subject to hydrolysis) is 1. The fraction of sp³-hybridized carbons (Fsp3) is 0.560. The molecule has 0 fully saturated rings. The molecule has 4 amide bonds. The van der Waals surface area contributed by atoms with Gasteiger partial charge in [-0.2, -0.15) is 0 Å². The van der Waals surface area contributed by atoms with E-state index in [2.05, 4.69) is 15.4 Å². The van der Waals surface area contributed by atoms with E-state index in [1.165, 1.54) is 6.07 Å². The van der Waals surface area contributed by atoms with Crippen molar-refractivity contribution in [2.45, 2.75) is 71.6 Å². The van der Waals surface area contributed by atoms with Crippen molar-refractivity contribution in [2.75, 3.05) is 20.2 Å². The van der Waals surface area contributed by atoms with E-state index < -0.39 is 60.4 Å². The number of rotatable bonds is 12. The molecule has 37 heavy (non-hydrogen) atoms. The molecule has 0 aliphatic heterocycles. The lowest BCUT2D eigenvalue weighted by Gasteiger charge is -2.34. The zero-order valence-corrected chi connectivity index (χ0v) is 22.3. The van der Waals surface area contributed by atoms with Crippen LogP contribution in [-0.4, -0.2) is 71.6 Å². The van der Waals surface area contributed by atoms with Crippen molar-refractivity contribution in [3.05, 3.63) is 29.3 Å². The minimum Gasteiger partial charge on any atom is -0.507 e. The zero-order valence-electron chi connectivity index (χ0n) is 22.3. The highest BCUT2D eigenvalue weighted by molar-refractivity contribution is 5.95. The molecule has 2 unspecified atom stereocenters. The van der Waals surface area contributed by atoms with Crippen LogP contribution < -0.4 is 16.4 Å². The Kier molecular flexibility index (Phi) is 11.8. The van der Waals surface area contributed by atoms with Crippen LogP contribution in [0.4, 0.5) is 4.79 Å². The number of primary amides is 1. The SMILES string of the molecule is CCCCN(C(=O)C(CC(N)=O)NC(=O)OC(C)(C)C)C(C(=O)NCC(=O)OC)c1cccc(C)c1O. The molecular weight excluding hydrogens is 484 g/mol. The van der Waals surface area contributed by atoms with Gasteiger partial charge in [0, 0.05) is 12.1 Å². The first-order valence-electron chi connectivity index (χ1n) is 11.9. The number of carbonyl (C=O) groups excluding carboxylic acids is 5. The molecule has 0 aromatic heterocycles. The van der Waals surface area contributed by atoms with Gasteiger partial charge in [0.2, 0.25) is 17.7 Å².